The summed E-state index contributed by atoms with van der Waals surface area (Å²) in [7, 11) is -2.99. The summed E-state index contributed by atoms with van der Waals surface area (Å²) in [6.07, 6.45) is 0. The molecule has 0 spiro atoms. The highest BCUT2D eigenvalue weighted by Crippen LogP contribution is 2.51. The molecule has 164 valence electrons. The van der Waals surface area contributed by atoms with E-state index in [1.165, 1.54) is 9.79 Å². The van der Waals surface area contributed by atoms with Crippen LogP contribution in [0, 0.1) is 0 Å². The molecule has 0 unspecified atom stereocenters. The second-order valence-electron chi connectivity index (χ2n) is 8.17. The van der Waals surface area contributed by atoms with E-state index in [0.717, 1.165) is 33.0 Å². The number of hydrogen-bond acceptors (Lipinski definition) is 3. The van der Waals surface area contributed by atoms with Crippen molar-refractivity contribution in [1.82, 2.24) is 0 Å². The molecule has 34 heavy (non-hydrogen) atoms. The van der Waals surface area contributed by atoms with E-state index in [0.29, 0.717) is 0 Å². The molecule has 0 aromatic heterocycles. The van der Waals surface area contributed by atoms with Crippen LogP contribution in [0.3, 0.4) is 0 Å². The van der Waals surface area contributed by atoms with Crippen LogP contribution in [0.5, 0.6) is 0 Å². The molecule has 1 heterocycles. The van der Waals surface area contributed by atoms with Gasteiger partial charge in [0.2, 0.25) is 0 Å². The monoisotopic (exact) mass is 475 g/mol. The van der Waals surface area contributed by atoms with Crippen LogP contribution in [-0.4, -0.2) is 0 Å². The molecule has 5 aromatic rings. The van der Waals surface area contributed by atoms with Gasteiger partial charge < -0.3 is 9.46 Å². The number of hydrogen-bond donors (Lipinski definition) is 0. The Morgan fingerprint density at radius 3 is 1.38 bits per heavy atom. The predicted octanol–water partition coefficient (Wildman–Crippen LogP) is 7.26. The zero-order valence-corrected chi connectivity index (χ0v) is 20.1. The number of benzene rings is 5. The van der Waals surface area contributed by atoms with Crippen molar-refractivity contribution in [2.24, 2.45) is 0 Å². The van der Waals surface area contributed by atoms with E-state index in [-0.39, 0.29) is 0 Å². The molecule has 2 nitrogen and oxygen atoms in total. The summed E-state index contributed by atoms with van der Waals surface area (Å²) in [5, 5.41) is 2.53. The number of nitrogens with zero attached hydrogens (tertiary/aromatic N) is 1. The Labute approximate surface area is 204 Å². The molecular weight excluding hydrogens is 453 g/mol. The molecule has 0 atom stereocenters. The minimum atomic E-state index is -2.99. The molecule has 0 saturated carbocycles. The Bertz CT molecular complexity index is 1410. The summed E-state index contributed by atoms with van der Waals surface area (Å²) >= 11 is 1.80. The summed E-state index contributed by atoms with van der Waals surface area (Å²) in [6, 6.07) is 44.8. The quantitative estimate of drug-likeness (QED) is 0.250. The lowest BCUT2D eigenvalue weighted by atomic mass is 10.2. The molecule has 1 aliphatic heterocycles. The molecule has 0 bridgehead atoms. The summed E-state index contributed by atoms with van der Waals surface area (Å²) in [5.74, 6) is 0. The highest BCUT2D eigenvalue weighted by molar-refractivity contribution is 7.99. The van der Waals surface area contributed by atoms with Crippen LogP contribution >= 0.6 is 18.9 Å². The first-order valence-electron chi connectivity index (χ1n) is 11.2. The average Bonchev–Trinajstić information content (AvgIpc) is 2.92. The lowest BCUT2D eigenvalue weighted by Gasteiger charge is -2.33. The number of fused-ring (bicyclic) bond motifs is 2. The molecule has 4 heteroatoms. The van der Waals surface area contributed by atoms with E-state index >= 15 is 0 Å². The molecule has 1 aliphatic rings. The van der Waals surface area contributed by atoms with Crippen LogP contribution in [-0.2, 0) is 4.57 Å². The molecule has 0 aliphatic carbocycles. The van der Waals surface area contributed by atoms with Crippen molar-refractivity contribution in [3.63, 3.8) is 0 Å². The second-order valence-corrected chi connectivity index (χ2v) is 12.0. The summed E-state index contributed by atoms with van der Waals surface area (Å²) in [5.41, 5.74) is 3.37. The first kappa shape index (κ1) is 21.0. The smallest absolute Gasteiger partial charge is 0.171 e. The van der Waals surface area contributed by atoms with Gasteiger partial charge in [0, 0.05) is 31.4 Å². The van der Waals surface area contributed by atoms with Gasteiger partial charge in [-0.15, -0.1) is 0 Å². The Kier molecular flexibility index (Phi) is 5.37. The lowest BCUT2D eigenvalue weighted by molar-refractivity contribution is 0.592. The van der Waals surface area contributed by atoms with Gasteiger partial charge >= 0.3 is 0 Å². The normalized spacial score (nSPS) is 12.6. The van der Waals surface area contributed by atoms with E-state index in [4.69, 9.17) is 0 Å². The van der Waals surface area contributed by atoms with Crippen molar-refractivity contribution in [2.75, 3.05) is 4.90 Å². The van der Waals surface area contributed by atoms with E-state index in [1.54, 1.807) is 11.8 Å². The molecule has 0 saturated heterocycles. The van der Waals surface area contributed by atoms with Gasteiger partial charge in [-0.3, -0.25) is 0 Å². The molecule has 0 N–H and O–H groups in total. The molecule has 6 rings (SSSR count). The highest BCUT2D eigenvalue weighted by atomic mass is 32.2. The van der Waals surface area contributed by atoms with Crippen LogP contribution in [0.25, 0.3) is 0 Å². The fraction of sp³-hybridized carbons (Fsp3) is 0. The molecule has 5 aromatic carbocycles. The number of para-hydroxylation sites is 2. The van der Waals surface area contributed by atoms with Crippen LogP contribution in [0.15, 0.2) is 143 Å². The third-order valence-corrected chi connectivity index (χ3v) is 10.3. The zero-order valence-electron chi connectivity index (χ0n) is 18.4. The van der Waals surface area contributed by atoms with Gasteiger partial charge in [-0.25, -0.2) is 0 Å². The standard InChI is InChI=1S/C30H22NOPS/c32-33(24-11-3-1-4-12-24,25-13-5-2-6-14-25)26-21-19-23(20-22-26)31-27-15-7-9-17-29(27)34-30-18-10-8-16-28(30)31/h1-22H. The Hall–Kier alpha value is -3.52. The van der Waals surface area contributed by atoms with Crippen molar-refractivity contribution < 1.29 is 4.57 Å². The SMILES string of the molecule is O=P(c1ccccc1)(c1ccccc1)c1ccc(N2c3ccccc3Sc3ccccc32)cc1. The maximum atomic E-state index is 14.7. The fourth-order valence-corrected chi connectivity index (χ4v) is 8.22. The highest BCUT2D eigenvalue weighted by Gasteiger charge is 2.30. The second kappa shape index (κ2) is 8.68. The Balaban J connectivity index is 1.49. The van der Waals surface area contributed by atoms with Gasteiger partial charge in [0.25, 0.3) is 0 Å². The van der Waals surface area contributed by atoms with Crippen LogP contribution in [0.4, 0.5) is 17.1 Å². The number of rotatable bonds is 4. The topological polar surface area (TPSA) is 20.3 Å². The van der Waals surface area contributed by atoms with Gasteiger partial charge in [-0.05, 0) is 48.5 Å². The minimum absolute atomic E-state index is 0.835. The van der Waals surface area contributed by atoms with Gasteiger partial charge in [-0.1, -0.05) is 96.7 Å². The lowest BCUT2D eigenvalue weighted by Crippen LogP contribution is -2.25. The van der Waals surface area contributed by atoms with Crippen molar-refractivity contribution in [1.29, 1.82) is 0 Å². The zero-order chi connectivity index (χ0) is 23.0. The van der Waals surface area contributed by atoms with E-state index in [9.17, 15) is 4.57 Å². The minimum Gasteiger partial charge on any atom is -0.309 e. The third kappa shape index (κ3) is 3.49. The van der Waals surface area contributed by atoms with Crippen molar-refractivity contribution in [2.45, 2.75) is 9.79 Å². The first-order valence-corrected chi connectivity index (χ1v) is 13.8. The van der Waals surface area contributed by atoms with Crippen molar-refractivity contribution in [3.8, 4) is 0 Å². The largest absolute Gasteiger partial charge is 0.309 e. The van der Waals surface area contributed by atoms with E-state index in [2.05, 4.69) is 65.6 Å². The maximum absolute atomic E-state index is 14.7. The molecule has 0 amide bonds. The van der Waals surface area contributed by atoms with Crippen molar-refractivity contribution >= 4 is 51.9 Å². The van der Waals surface area contributed by atoms with Crippen molar-refractivity contribution in [3.05, 3.63) is 133 Å². The van der Waals surface area contributed by atoms with Crippen LogP contribution < -0.4 is 20.8 Å². The first-order chi connectivity index (χ1) is 16.7. The molecule has 0 fully saturated rings. The summed E-state index contributed by atoms with van der Waals surface area (Å²) in [4.78, 5) is 4.75. The van der Waals surface area contributed by atoms with E-state index < -0.39 is 7.14 Å². The Morgan fingerprint density at radius 1 is 0.471 bits per heavy atom. The third-order valence-electron chi connectivity index (χ3n) is 6.14. The van der Waals surface area contributed by atoms with Gasteiger partial charge in [-0.2, -0.15) is 0 Å². The average molecular weight is 476 g/mol. The van der Waals surface area contributed by atoms with Crippen LogP contribution in [0.2, 0.25) is 0 Å². The van der Waals surface area contributed by atoms with Gasteiger partial charge in [0.1, 0.15) is 0 Å². The molecular formula is C30H22NOPS. The van der Waals surface area contributed by atoms with Gasteiger partial charge in [0.05, 0.1) is 11.4 Å². The summed E-state index contributed by atoms with van der Waals surface area (Å²) < 4.78 is 14.7. The van der Waals surface area contributed by atoms with Gasteiger partial charge in [0.15, 0.2) is 7.14 Å². The fourth-order valence-electron chi connectivity index (χ4n) is 4.52. The predicted molar refractivity (Wildman–Crippen MR) is 145 cm³/mol. The Morgan fingerprint density at radius 2 is 0.882 bits per heavy atom. The maximum Gasteiger partial charge on any atom is 0.171 e. The van der Waals surface area contributed by atoms with Crippen LogP contribution in [0.1, 0.15) is 0 Å². The number of anilines is 3. The molecule has 0 radical (unpaired) electrons. The summed E-state index contributed by atoms with van der Waals surface area (Å²) in [6.45, 7) is 0. The van der Waals surface area contributed by atoms with E-state index in [1.807, 2.05) is 72.8 Å².